The zero-order valence-electron chi connectivity index (χ0n) is 12.3. The van der Waals surface area contributed by atoms with Gasteiger partial charge in [0.05, 0.1) is 11.3 Å². The molecule has 0 aromatic heterocycles. The fraction of sp³-hybridized carbons (Fsp3) is 0.167. The highest BCUT2D eigenvalue weighted by atomic mass is 16.5. The van der Waals surface area contributed by atoms with Crippen LogP contribution in [0, 0.1) is 0 Å². The van der Waals surface area contributed by atoms with Gasteiger partial charge in [0.1, 0.15) is 12.4 Å². The van der Waals surface area contributed by atoms with Crippen LogP contribution in [0.1, 0.15) is 22.8 Å². The minimum atomic E-state index is -0.941. The summed E-state index contributed by atoms with van der Waals surface area (Å²) in [5.41, 5.74) is 3.65. The van der Waals surface area contributed by atoms with Crippen LogP contribution in [0.2, 0.25) is 0 Å². The molecule has 2 aromatic carbocycles. The molecular weight excluding hydrogens is 278 g/mol. The molecular formula is C18H17NO3. The molecule has 3 rings (SSSR count). The first-order valence-corrected chi connectivity index (χ1v) is 7.25. The molecule has 22 heavy (non-hydrogen) atoms. The van der Waals surface area contributed by atoms with Crippen molar-refractivity contribution in [3.8, 4) is 16.9 Å². The molecule has 4 heteroatoms. The average molecular weight is 295 g/mol. The number of carboxylic acids is 1. The largest absolute Gasteiger partial charge is 0.488 e. The Hall–Kier alpha value is -2.75. The normalized spacial score (nSPS) is 12.4. The van der Waals surface area contributed by atoms with E-state index in [-0.39, 0.29) is 5.56 Å². The Morgan fingerprint density at radius 3 is 2.77 bits per heavy atom. The lowest BCUT2D eigenvalue weighted by Gasteiger charge is -2.20. The summed E-state index contributed by atoms with van der Waals surface area (Å²) in [6.07, 6.45) is 3.99. The van der Waals surface area contributed by atoms with E-state index in [9.17, 15) is 9.90 Å². The van der Waals surface area contributed by atoms with Crippen molar-refractivity contribution in [3.63, 3.8) is 0 Å². The summed E-state index contributed by atoms with van der Waals surface area (Å²) in [5, 5.41) is 12.6. The molecule has 1 aliphatic heterocycles. The third-order valence-corrected chi connectivity index (χ3v) is 3.61. The topological polar surface area (TPSA) is 58.6 Å². The first-order chi connectivity index (χ1) is 10.7. The Balaban J connectivity index is 2.23. The summed E-state index contributed by atoms with van der Waals surface area (Å²) < 4.78 is 5.78. The first kappa shape index (κ1) is 14.2. The number of ether oxygens (including phenoxy) is 1. The fourth-order valence-corrected chi connectivity index (χ4v) is 2.69. The standard InChI is InChI=1S/C18H17NO3/c1-2-19-16-13(8-4-10-15(16)18(20)21)14-9-3-6-12-7-5-11-22-17(12)14/h3-10,19H,2,11H2,1H3,(H,20,21). The number of hydrogen-bond donors (Lipinski definition) is 2. The van der Waals surface area contributed by atoms with Gasteiger partial charge in [0.2, 0.25) is 0 Å². The van der Waals surface area contributed by atoms with Crippen LogP contribution in [0.15, 0.2) is 42.5 Å². The molecule has 1 aliphatic rings. The van der Waals surface area contributed by atoms with Gasteiger partial charge in [-0.05, 0) is 19.1 Å². The van der Waals surface area contributed by atoms with E-state index < -0.39 is 5.97 Å². The summed E-state index contributed by atoms with van der Waals surface area (Å²) in [6, 6.07) is 11.2. The van der Waals surface area contributed by atoms with Gasteiger partial charge >= 0.3 is 5.97 Å². The number of hydrogen-bond acceptors (Lipinski definition) is 3. The third kappa shape index (κ3) is 2.44. The quantitative estimate of drug-likeness (QED) is 0.898. The second kappa shape index (κ2) is 5.93. The molecule has 0 radical (unpaired) electrons. The smallest absolute Gasteiger partial charge is 0.337 e. The van der Waals surface area contributed by atoms with Crippen molar-refractivity contribution in [3.05, 3.63) is 53.6 Å². The number of rotatable bonds is 4. The molecule has 0 atom stereocenters. The molecule has 0 spiro atoms. The minimum absolute atomic E-state index is 0.267. The molecule has 0 amide bonds. The molecule has 0 aliphatic carbocycles. The van der Waals surface area contributed by atoms with Gasteiger partial charge in [-0.2, -0.15) is 0 Å². The summed E-state index contributed by atoms with van der Waals surface area (Å²) in [6.45, 7) is 3.12. The van der Waals surface area contributed by atoms with E-state index in [0.29, 0.717) is 18.8 Å². The fourth-order valence-electron chi connectivity index (χ4n) is 2.69. The van der Waals surface area contributed by atoms with E-state index >= 15 is 0 Å². The van der Waals surface area contributed by atoms with Crippen molar-refractivity contribution in [2.75, 3.05) is 18.5 Å². The molecule has 0 bridgehead atoms. The monoisotopic (exact) mass is 295 g/mol. The molecule has 0 saturated heterocycles. The highest BCUT2D eigenvalue weighted by Crippen LogP contribution is 2.40. The van der Waals surface area contributed by atoms with Gasteiger partial charge in [0, 0.05) is 23.2 Å². The third-order valence-electron chi connectivity index (χ3n) is 3.61. The van der Waals surface area contributed by atoms with Gasteiger partial charge in [0.15, 0.2) is 0 Å². The van der Waals surface area contributed by atoms with Crippen molar-refractivity contribution < 1.29 is 14.6 Å². The van der Waals surface area contributed by atoms with Gasteiger partial charge < -0.3 is 15.2 Å². The molecule has 0 fully saturated rings. The maximum absolute atomic E-state index is 11.5. The average Bonchev–Trinajstić information content (AvgIpc) is 2.54. The van der Waals surface area contributed by atoms with E-state index in [1.165, 1.54) is 0 Å². The number of carbonyl (C=O) groups is 1. The molecule has 2 aromatic rings. The Morgan fingerprint density at radius 2 is 2.00 bits per heavy atom. The van der Waals surface area contributed by atoms with Crippen LogP contribution in [-0.2, 0) is 0 Å². The van der Waals surface area contributed by atoms with Crippen molar-refractivity contribution in [2.24, 2.45) is 0 Å². The van der Waals surface area contributed by atoms with E-state index in [1.54, 1.807) is 12.1 Å². The van der Waals surface area contributed by atoms with Gasteiger partial charge in [-0.1, -0.05) is 36.4 Å². The van der Waals surface area contributed by atoms with E-state index in [4.69, 9.17) is 4.74 Å². The lowest BCUT2D eigenvalue weighted by molar-refractivity contribution is 0.0698. The first-order valence-electron chi connectivity index (χ1n) is 7.25. The van der Waals surface area contributed by atoms with Gasteiger partial charge in [0.25, 0.3) is 0 Å². The van der Waals surface area contributed by atoms with Crippen molar-refractivity contribution in [1.82, 2.24) is 0 Å². The molecule has 112 valence electrons. The summed E-state index contributed by atoms with van der Waals surface area (Å²) in [5.74, 6) is -0.143. The Morgan fingerprint density at radius 1 is 1.23 bits per heavy atom. The number of benzene rings is 2. The number of nitrogens with one attached hydrogen (secondary N) is 1. The molecule has 2 N–H and O–H groups in total. The predicted octanol–water partition coefficient (Wildman–Crippen LogP) is 3.89. The van der Waals surface area contributed by atoms with Crippen molar-refractivity contribution in [2.45, 2.75) is 6.92 Å². The van der Waals surface area contributed by atoms with Crippen LogP contribution in [0.3, 0.4) is 0 Å². The van der Waals surface area contributed by atoms with E-state index in [1.807, 2.05) is 43.3 Å². The Bertz CT molecular complexity index is 750. The predicted molar refractivity (Wildman–Crippen MR) is 87.5 cm³/mol. The van der Waals surface area contributed by atoms with Gasteiger partial charge in [-0.25, -0.2) is 4.79 Å². The number of para-hydroxylation sites is 2. The molecule has 0 saturated carbocycles. The second-order valence-corrected chi connectivity index (χ2v) is 5.00. The summed E-state index contributed by atoms with van der Waals surface area (Å²) >= 11 is 0. The lowest BCUT2D eigenvalue weighted by atomic mass is 9.96. The van der Waals surface area contributed by atoms with Gasteiger partial charge in [-0.3, -0.25) is 0 Å². The number of fused-ring (bicyclic) bond motifs is 1. The minimum Gasteiger partial charge on any atom is -0.488 e. The van der Waals surface area contributed by atoms with Crippen LogP contribution >= 0.6 is 0 Å². The maximum atomic E-state index is 11.5. The van der Waals surface area contributed by atoms with Crippen molar-refractivity contribution in [1.29, 1.82) is 0 Å². The molecule has 0 unspecified atom stereocenters. The second-order valence-electron chi connectivity index (χ2n) is 5.00. The van der Waals surface area contributed by atoms with E-state index in [0.717, 1.165) is 22.4 Å². The van der Waals surface area contributed by atoms with Gasteiger partial charge in [-0.15, -0.1) is 0 Å². The Labute approximate surface area is 129 Å². The highest BCUT2D eigenvalue weighted by Gasteiger charge is 2.19. The van der Waals surface area contributed by atoms with Crippen LogP contribution in [-0.4, -0.2) is 24.2 Å². The molecule has 1 heterocycles. The van der Waals surface area contributed by atoms with Crippen molar-refractivity contribution >= 4 is 17.7 Å². The summed E-state index contributed by atoms with van der Waals surface area (Å²) in [4.78, 5) is 11.5. The van der Waals surface area contributed by atoms with Crippen LogP contribution in [0.25, 0.3) is 17.2 Å². The van der Waals surface area contributed by atoms with Crippen LogP contribution in [0.5, 0.6) is 5.75 Å². The van der Waals surface area contributed by atoms with Crippen LogP contribution < -0.4 is 10.1 Å². The number of anilines is 1. The van der Waals surface area contributed by atoms with Crippen LogP contribution in [0.4, 0.5) is 5.69 Å². The Kier molecular flexibility index (Phi) is 3.83. The SMILES string of the molecule is CCNc1c(C(=O)O)cccc1-c1cccc2c1OCC=C2. The number of aromatic carboxylic acids is 1. The molecule has 4 nitrogen and oxygen atoms in total. The lowest BCUT2D eigenvalue weighted by Crippen LogP contribution is -2.08. The zero-order chi connectivity index (χ0) is 15.5. The zero-order valence-corrected chi connectivity index (χ0v) is 12.3. The summed E-state index contributed by atoms with van der Waals surface area (Å²) in [7, 11) is 0. The van der Waals surface area contributed by atoms with E-state index in [2.05, 4.69) is 5.32 Å². The highest BCUT2D eigenvalue weighted by molar-refractivity contribution is 6.00. The number of carboxylic acid groups (broad SMARTS) is 1. The maximum Gasteiger partial charge on any atom is 0.337 e.